The summed E-state index contributed by atoms with van der Waals surface area (Å²) in [6, 6.07) is 20.9. The van der Waals surface area contributed by atoms with Crippen LogP contribution >= 0.6 is 0 Å². The number of carbonyl (C=O) groups is 2. The molecule has 1 aliphatic heterocycles. The Bertz CT molecular complexity index is 1220. The molecule has 4 rings (SSSR count). The lowest BCUT2D eigenvalue weighted by Crippen LogP contribution is -2.29. The number of nitro groups is 1. The number of amides is 1. The molecule has 0 radical (unpaired) electrons. The van der Waals surface area contributed by atoms with E-state index < -0.39 is 22.7 Å². The van der Waals surface area contributed by atoms with Crippen LogP contribution < -0.4 is 0 Å². The first kappa shape index (κ1) is 21.0. The standard InChI is InChI=1S/C25H20N2O5/c1-16-7-9-19(10-8-16)23(28)21-22(18-11-13-20(14-12-18)27(31)32)26(25(30)24(21)29)15-17-5-3-2-4-6-17/h2-14,22,28H,15H2,1H3/b23-21-/t22-/m1/s1. The van der Waals surface area contributed by atoms with Crippen LogP contribution in [0.1, 0.15) is 28.3 Å². The first-order valence-electron chi connectivity index (χ1n) is 10.0. The maximum absolute atomic E-state index is 13.0. The fourth-order valence-corrected chi connectivity index (χ4v) is 3.82. The van der Waals surface area contributed by atoms with Gasteiger partial charge in [0.15, 0.2) is 0 Å². The zero-order chi connectivity index (χ0) is 22.8. The van der Waals surface area contributed by atoms with Crippen molar-refractivity contribution in [1.29, 1.82) is 0 Å². The number of Topliss-reactive ketones (excluding diaryl/α,β-unsaturated/α-hetero) is 1. The normalized spacial score (nSPS) is 17.5. The van der Waals surface area contributed by atoms with Crippen molar-refractivity contribution in [2.24, 2.45) is 0 Å². The largest absolute Gasteiger partial charge is 0.507 e. The van der Waals surface area contributed by atoms with E-state index in [1.165, 1.54) is 29.2 Å². The summed E-state index contributed by atoms with van der Waals surface area (Å²) in [6.07, 6.45) is 0. The highest BCUT2D eigenvalue weighted by molar-refractivity contribution is 6.46. The second-order valence-corrected chi connectivity index (χ2v) is 7.63. The van der Waals surface area contributed by atoms with Gasteiger partial charge in [0, 0.05) is 24.2 Å². The fourth-order valence-electron chi connectivity index (χ4n) is 3.82. The molecule has 0 unspecified atom stereocenters. The van der Waals surface area contributed by atoms with Gasteiger partial charge in [0.1, 0.15) is 5.76 Å². The highest BCUT2D eigenvalue weighted by Gasteiger charge is 2.46. The molecule has 7 nitrogen and oxygen atoms in total. The third-order valence-electron chi connectivity index (χ3n) is 5.48. The topological polar surface area (TPSA) is 101 Å². The van der Waals surface area contributed by atoms with Crippen LogP contribution in [0.15, 0.2) is 84.4 Å². The van der Waals surface area contributed by atoms with E-state index in [1.807, 2.05) is 37.3 Å². The van der Waals surface area contributed by atoms with E-state index in [2.05, 4.69) is 0 Å². The monoisotopic (exact) mass is 428 g/mol. The third-order valence-corrected chi connectivity index (χ3v) is 5.48. The Hall–Kier alpha value is -4.26. The second kappa shape index (κ2) is 8.47. The molecule has 160 valence electrons. The Morgan fingerprint density at radius 2 is 1.59 bits per heavy atom. The van der Waals surface area contributed by atoms with Gasteiger partial charge < -0.3 is 10.0 Å². The van der Waals surface area contributed by atoms with E-state index in [-0.39, 0.29) is 23.6 Å². The van der Waals surface area contributed by atoms with Crippen LogP contribution in [0.25, 0.3) is 5.76 Å². The molecule has 32 heavy (non-hydrogen) atoms. The van der Waals surface area contributed by atoms with Gasteiger partial charge in [0.05, 0.1) is 16.5 Å². The minimum absolute atomic E-state index is 0.0383. The highest BCUT2D eigenvalue weighted by Crippen LogP contribution is 2.40. The van der Waals surface area contributed by atoms with E-state index >= 15 is 0 Å². The Morgan fingerprint density at radius 3 is 2.19 bits per heavy atom. The summed E-state index contributed by atoms with van der Waals surface area (Å²) in [7, 11) is 0. The first-order chi connectivity index (χ1) is 15.4. The number of aryl methyl sites for hydroxylation is 1. The van der Waals surface area contributed by atoms with E-state index in [0.717, 1.165) is 11.1 Å². The molecule has 1 aliphatic rings. The lowest BCUT2D eigenvalue weighted by Gasteiger charge is -2.25. The summed E-state index contributed by atoms with van der Waals surface area (Å²) in [4.78, 5) is 38.0. The van der Waals surface area contributed by atoms with Crippen molar-refractivity contribution in [2.75, 3.05) is 0 Å². The smallest absolute Gasteiger partial charge is 0.295 e. The molecule has 3 aromatic carbocycles. The molecule has 0 bridgehead atoms. The Kier molecular flexibility index (Phi) is 5.55. The van der Waals surface area contributed by atoms with Gasteiger partial charge in [-0.15, -0.1) is 0 Å². The SMILES string of the molecule is Cc1ccc(/C(O)=C2/C(=O)C(=O)N(Cc3ccccc3)[C@@H]2c2ccc([N+](=O)[O-])cc2)cc1. The molecule has 0 aromatic heterocycles. The number of likely N-dealkylation sites (tertiary alicyclic amines) is 1. The van der Waals surface area contributed by atoms with Gasteiger partial charge in [-0.3, -0.25) is 19.7 Å². The average Bonchev–Trinajstić information content (AvgIpc) is 3.05. The van der Waals surface area contributed by atoms with Crippen molar-refractivity contribution in [2.45, 2.75) is 19.5 Å². The second-order valence-electron chi connectivity index (χ2n) is 7.63. The summed E-state index contributed by atoms with van der Waals surface area (Å²) in [6.45, 7) is 2.05. The van der Waals surface area contributed by atoms with E-state index in [4.69, 9.17) is 0 Å². The van der Waals surface area contributed by atoms with E-state index in [0.29, 0.717) is 11.1 Å². The molecule has 0 spiro atoms. The number of ketones is 1. The number of hydrogen-bond acceptors (Lipinski definition) is 5. The predicted octanol–water partition coefficient (Wildman–Crippen LogP) is 4.53. The molecule has 1 fully saturated rings. The number of aliphatic hydroxyl groups excluding tert-OH is 1. The maximum atomic E-state index is 13.0. The quantitative estimate of drug-likeness (QED) is 0.212. The Labute approximate surface area is 184 Å². The predicted molar refractivity (Wildman–Crippen MR) is 119 cm³/mol. The van der Waals surface area contributed by atoms with Gasteiger partial charge >= 0.3 is 0 Å². The molecule has 3 aromatic rings. The summed E-state index contributed by atoms with van der Waals surface area (Å²) in [5.74, 6) is -1.80. The van der Waals surface area contributed by atoms with Gasteiger partial charge in [0.2, 0.25) is 0 Å². The van der Waals surface area contributed by atoms with Gasteiger partial charge in [-0.25, -0.2) is 0 Å². The van der Waals surface area contributed by atoms with Crippen molar-refractivity contribution in [3.8, 4) is 0 Å². The first-order valence-corrected chi connectivity index (χ1v) is 10.0. The number of benzene rings is 3. The number of hydrogen-bond donors (Lipinski definition) is 1. The number of nitro benzene ring substituents is 1. The number of aliphatic hydroxyl groups is 1. The molecule has 7 heteroatoms. The molecule has 1 saturated heterocycles. The number of carbonyl (C=O) groups excluding carboxylic acids is 2. The maximum Gasteiger partial charge on any atom is 0.295 e. The molecule has 1 heterocycles. The molecule has 1 N–H and O–H groups in total. The van der Waals surface area contributed by atoms with Crippen LogP contribution in [0, 0.1) is 17.0 Å². The number of nitrogens with zero attached hydrogens (tertiary/aromatic N) is 2. The average molecular weight is 428 g/mol. The molecule has 0 aliphatic carbocycles. The van der Waals surface area contributed by atoms with Crippen molar-refractivity contribution < 1.29 is 19.6 Å². The van der Waals surface area contributed by atoms with Gasteiger partial charge in [-0.1, -0.05) is 60.2 Å². The molecule has 1 atom stereocenters. The lowest BCUT2D eigenvalue weighted by molar-refractivity contribution is -0.384. The number of rotatable bonds is 5. The Balaban J connectivity index is 1.85. The minimum Gasteiger partial charge on any atom is -0.507 e. The third kappa shape index (κ3) is 3.88. The van der Waals surface area contributed by atoms with Crippen LogP contribution in [-0.2, 0) is 16.1 Å². The van der Waals surface area contributed by atoms with Crippen LogP contribution in [-0.4, -0.2) is 26.6 Å². The van der Waals surface area contributed by atoms with Crippen LogP contribution in [0.5, 0.6) is 0 Å². The van der Waals surface area contributed by atoms with Crippen molar-refractivity contribution >= 4 is 23.1 Å². The van der Waals surface area contributed by atoms with Crippen molar-refractivity contribution in [1.82, 2.24) is 4.90 Å². The summed E-state index contributed by atoms with van der Waals surface area (Å²) < 4.78 is 0. The Morgan fingerprint density at radius 1 is 0.969 bits per heavy atom. The van der Waals surface area contributed by atoms with Crippen LogP contribution in [0.4, 0.5) is 5.69 Å². The van der Waals surface area contributed by atoms with Gasteiger partial charge in [-0.05, 0) is 30.2 Å². The van der Waals surface area contributed by atoms with Crippen molar-refractivity contribution in [3.63, 3.8) is 0 Å². The van der Waals surface area contributed by atoms with E-state index in [1.54, 1.807) is 24.3 Å². The van der Waals surface area contributed by atoms with Gasteiger partial charge in [0.25, 0.3) is 17.4 Å². The van der Waals surface area contributed by atoms with Crippen LogP contribution in [0.3, 0.4) is 0 Å². The summed E-state index contributed by atoms with van der Waals surface area (Å²) in [5.41, 5.74) is 2.57. The zero-order valence-electron chi connectivity index (χ0n) is 17.3. The lowest BCUT2D eigenvalue weighted by atomic mass is 9.94. The molecule has 0 saturated carbocycles. The zero-order valence-corrected chi connectivity index (χ0v) is 17.3. The molecular weight excluding hydrogens is 408 g/mol. The van der Waals surface area contributed by atoms with E-state index in [9.17, 15) is 24.8 Å². The molecule has 1 amide bonds. The molecular formula is C25H20N2O5. The minimum atomic E-state index is -0.877. The number of non-ortho nitro benzene ring substituents is 1. The summed E-state index contributed by atoms with van der Waals surface area (Å²) >= 11 is 0. The van der Waals surface area contributed by atoms with Crippen LogP contribution in [0.2, 0.25) is 0 Å². The fraction of sp³-hybridized carbons (Fsp3) is 0.120. The summed E-state index contributed by atoms with van der Waals surface area (Å²) in [5, 5.41) is 22.1. The highest BCUT2D eigenvalue weighted by atomic mass is 16.6. The van der Waals surface area contributed by atoms with Gasteiger partial charge in [-0.2, -0.15) is 0 Å². The van der Waals surface area contributed by atoms with Crippen molar-refractivity contribution in [3.05, 3.63) is 117 Å².